The fraction of sp³-hybridized carbons (Fsp3) is 0.250. The van der Waals surface area contributed by atoms with Crippen molar-refractivity contribution in [2.75, 3.05) is 20.3 Å². The topological polar surface area (TPSA) is 59.8 Å². The Bertz CT molecular complexity index is 678. The summed E-state index contributed by atoms with van der Waals surface area (Å²) in [6, 6.07) is 11.1. The average Bonchev–Trinajstić information content (AvgIpc) is 3.03. The molecule has 0 N–H and O–H groups in total. The van der Waals surface area contributed by atoms with Gasteiger partial charge in [0, 0.05) is 31.2 Å². The van der Waals surface area contributed by atoms with Crippen LogP contribution in [0.4, 0.5) is 0 Å². The summed E-state index contributed by atoms with van der Waals surface area (Å²) in [5, 5.41) is 1.22. The van der Waals surface area contributed by atoms with Gasteiger partial charge in [-0.25, -0.2) is 8.42 Å². The normalized spacial score (nSPS) is 12.3. The number of furan rings is 1. The lowest BCUT2D eigenvalue weighted by atomic mass is 10.2. The van der Waals surface area contributed by atoms with Gasteiger partial charge in [-0.05, 0) is 17.7 Å². The lowest BCUT2D eigenvalue weighted by molar-refractivity contribution is 0.178. The van der Waals surface area contributed by atoms with E-state index in [0.717, 1.165) is 11.1 Å². The summed E-state index contributed by atoms with van der Waals surface area (Å²) in [5.41, 5.74) is 1.63. The predicted octanol–water partition coefficient (Wildman–Crippen LogP) is 2.73. The zero-order valence-corrected chi connectivity index (χ0v) is 13.2. The zero-order chi connectivity index (χ0) is 15.8. The first-order valence-electron chi connectivity index (χ1n) is 6.85. The zero-order valence-electron chi connectivity index (χ0n) is 12.4. The Morgan fingerprint density at radius 2 is 2.00 bits per heavy atom. The SMILES string of the molecule is COCCN(Cc1ccoc1)S(=O)(=O)/C=C/c1ccccc1. The van der Waals surface area contributed by atoms with Crippen molar-refractivity contribution in [2.24, 2.45) is 0 Å². The van der Waals surface area contributed by atoms with Crippen molar-refractivity contribution >= 4 is 16.1 Å². The molecule has 2 aromatic rings. The van der Waals surface area contributed by atoms with Crippen LogP contribution in [0.15, 0.2) is 58.7 Å². The van der Waals surface area contributed by atoms with Gasteiger partial charge in [-0.1, -0.05) is 30.3 Å². The van der Waals surface area contributed by atoms with E-state index in [1.807, 2.05) is 30.3 Å². The lowest BCUT2D eigenvalue weighted by Crippen LogP contribution is -2.31. The van der Waals surface area contributed by atoms with Crippen molar-refractivity contribution in [1.29, 1.82) is 0 Å². The molecule has 0 saturated carbocycles. The first-order valence-corrected chi connectivity index (χ1v) is 8.35. The Hall–Kier alpha value is -1.89. The number of benzene rings is 1. The lowest BCUT2D eigenvalue weighted by Gasteiger charge is -2.19. The molecule has 1 aromatic heterocycles. The van der Waals surface area contributed by atoms with Gasteiger partial charge in [-0.3, -0.25) is 0 Å². The first kappa shape index (κ1) is 16.5. The fourth-order valence-corrected chi connectivity index (χ4v) is 3.05. The number of rotatable bonds is 8. The van der Waals surface area contributed by atoms with Crippen LogP contribution in [-0.4, -0.2) is 33.0 Å². The standard InChI is InChI=1S/C16H19NO4S/c1-20-11-9-17(13-16-7-10-21-14-16)22(18,19)12-8-15-5-3-2-4-6-15/h2-8,10,12,14H,9,11,13H2,1H3/b12-8+. The van der Waals surface area contributed by atoms with E-state index in [-0.39, 0.29) is 13.1 Å². The van der Waals surface area contributed by atoms with Crippen molar-refractivity contribution < 1.29 is 17.6 Å². The molecular formula is C16H19NO4S. The van der Waals surface area contributed by atoms with Crippen LogP contribution in [0.5, 0.6) is 0 Å². The van der Waals surface area contributed by atoms with E-state index in [9.17, 15) is 8.42 Å². The molecule has 5 nitrogen and oxygen atoms in total. The summed E-state index contributed by atoms with van der Waals surface area (Å²) < 4.78 is 36.3. The maximum absolute atomic E-state index is 12.5. The Kier molecular flexibility index (Phi) is 5.94. The van der Waals surface area contributed by atoms with Crippen molar-refractivity contribution in [3.05, 3.63) is 65.5 Å². The van der Waals surface area contributed by atoms with E-state index in [0.29, 0.717) is 6.61 Å². The van der Waals surface area contributed by atoms with Gasteiger partial charge in [0.05, 0.1) is 19.1 Å². The largest absolute Gasteiger partial charge is 0.472 e. The second-order valence-electron chi connectivity index (χ2n) is 4.72. The summed E-state index contributed by atoms with van der Waals surface area (Å²) in [6.07, 6.45) is 4.65. The van der Waals surface area contributed by atoms with E-state index in [1.54, 1.807) is 19.3 Å². The van der Waals surface area contributed by atoms with Crippen LogP contribution >= 0.6 is 0 Å². The summed E-state index contributed by atoms with van der Waals surface area (Å²) in [5.74, 6) is 0. The molecule has 0 aliphatic carbocycles. The van der Waals surface area contributed by atoms with Crippen molar-refractivity contribution in [2.45, 2.75) is 6.54 Å². The molecule has 0 aliphatic heterocycles. The summed E-state index contributed by atoms with van der Waals surface area (Å²) in [6.45, 7) is 0.862. The van der Waals surface area contributed by atoms with Crippen LogP contribution in [0.1, 0.15) is 11.1 Å². The van der Waals surface area contributed by atoms with Gasteiger partial charge in [0.1, 0.15) is 0 Å². The van der Waals surface area contributed by atoms with E-state index in [1.165, 1.54) is 22.2 Å². The van der Waals surface area contributed by atoms with Gasteiger partial charge in [0.2, 0.25) is 10.0 Å². The third-order valence-electron chi connectivity index (χ3n) is 3.08. The van der Waals surface area contributed by atoms with Crippen LogP contribution < -0.4 is 0 Å². The van der Waals surface area contributed by atoms with Gasteiger partial charge in [0.25, 0.3) is 0 Å². The smallest absolute Gasteiger partial charge is 0.236 e. The molecule has 2 rings (SSSR count). The fourth-order valence-electron chi connectivity index (χ4n) is 1.89. The number of ether oxygens (including phenoxy) is 1. The van der Waals surface area contributed by atoms with Crippen molar-refractivity contribution in [3.63, 3.8) is 0 Å². The van der Waals surface area contributed by atoms with Crippen molar-refractivity contribution in [3.8, 4) is 0 Å². The highest BCUT2D eigenvalue weighted by Crippen LogP contribution is 2.13. The monoisotopic (exact) mass is 321 g/mol. The van der Waals surface area contributed by atoms with E-state index in [4.69, 9.17) is 9.15 Å². The molecular weight excluding hydrogens is 302 g/mol. The Morgan fingerprint density at radius 1 is 1.23 bits per heavy atom. The first-order chi connectivity index (χ1) is 10.6. The number of nitrogens with zero attached hydrogens (tertiary/aromatic N) is 1. The van der Waals surface area contributed by atoms with Crippen LogP contribution in [0.2, 0.25) is 0 Å². The molecule has 0 bridgehead atoms. The third kappa shape index (κ3) is 4.84. The van der Waals surface area contributed by atoms with E-state index >= 15 is 0 Å². The van der Waals surface area contributed by atoms with Crippen LogP contribution in [0.3, 0.4) is 0 Å². The second-order valence-corrected chi connectivity index (χ2v) is 6.53. The molecule has 1 heterocycles. The number of hydrogen-bond donors (Lipinski definition) is 0. The quantitative estimate of drug-likeness (QED) is 0.750. The minimum atomic E-state index is -3.54. The number of methoxy groups -OCH3 is 1. The van der Waals surface area contributed by atoms with Gasteiger partial charge in [0.15, 0.2) is 0 Å². The average molecular weight is 321 g/mol. The highest BCUT2D eigenvalue weighted by atomic mass is 32.2. The Labute approximate surface area is 130 Å². The van der Waals surface area contributed by atoms with Crippen LogP contribution in [-0.2, 0) is 21.3 Å². The van der Waals surface area contributed by atoms with Crippen LogP contribution in [0.25, 0.3) is 6.08 Å². The molecule has 0 amide bonds. The molecule has 0 aliphatic rings. The molecule has 118 valence electrons. The number of hydrogen-bond acceptors (Lipinski definition) is 4. The molecule has 0 unspecified atom stereocenters. The van der Waals surface area contributed by atoms with E-state index in [2.05, 4.69) is 0 Å². The minimum absolute atomic E-state index is 0.251. The molecule has 6 heteroatoms. The maximum atomic E-state index is 12.5. The summed E-state index contributed by atoms with van der Waals surface area (Å²) >= 11 is 0. The van der Waals surface area contributed by atoms with E-state index < -0.39 is 10.0 Å². The third-order valence-corrected chi connectivity index (χ3v) is 4.59. The van der Waals surface area contributed by atoms with Gasteiger partial charge in [-0.15, -0.1) is 0 Å². The summed E-state index contributed by atoms with van der Waals surface area (Å²) in [7, 11) is -1.99. The highest BCUT2D eigenvalue weighted by Gasteiger charge is 2.19. The van der Waals surface area contributed by atoms with Gasteiger partial charge in [-0.2, -0.15) is 4.31 Å². The number of sulfonamides is 1. The molecule has 0 atom stereocenters. The van der Waals surface area contributed by atoms with Crippen molar-refractivity contribution in [1.82, 2.24) is 4.31 Å². The Balaban J connectivity index is 2.15. The Morgan fingerprint density at radius 3 is 2.64 bits per heavy atom. The predicted molar refractivity (Wildman–Crippen MR) is 85.4 cm³/mol. The molecule has 0 saturated heterocycles. The molecule has 0 fully saturated rings. The maximum Gasteiger partial charge on any atom is 0.236 e. The van der Waals surface area contributed by atoms with Gasteiger partial charge < -0.3 is 9.15 Å². The van der Waals surface area contributed by atoms with Gasteiger partial charge >= 0.3 is 0 Å². The van der Waals surface area contributed by atoms with Crippen LogP contribution in [0, 0.1) is 0 Å². The minimum Gasteiger partial charge on any atom is -0.472 e. The molecule has 0 spiro atoms. The highest BCUT2D eigenvalue weighted by molar-refractivity contribution is 7.92. The molecule has 0 radical (unpaired) electrons. The molecule has 1 aromatic carbocycles. The second kappa shape index (κ2) is 7.93. The summed E-state index contributed by atoms with van der Waals surface area (Å²) in [4.78, 5) is 0. The molecule has 22 heavy (non-hydrogen) atoms.